The van der Waals surface area contributed by atoms with Crippen LogP contribution in [0.4, 0.5) is 5.69 Å². The van der Waals surface area contributed by atoms with Crippen LogP contribution in [0.5, 0.6) is 0 Å². The first kappa shape index (κ1) is 16.8. The monoisotopic (exact) mass is 366 g/mol. The zero-order chi connectivity index (χ0) is 18.1. The van der Waals surface area contributed by atoms with Gasteiger partial charge in [0.15, 0.2) is 0 Å². The van der Waals surface area contributed by atoms with E-state index in [0.29, 0.717) is 6.54 Å². The van der Waals surface area contributed by atoms with Gasteiger partial charge in [0.05, 0.1) is 4.90 Å². The van der Waals surface area contributed by atoms with Gasteiger partial charge in [-0.1, -0.05) is 48.5 Å². The summed E-state index contributed by atoms with van der Waals surface area (Å²) in [5.41, 5.74) is 0.782. The Labute approximate surface area is 152 Å². The molecule has 1 fully saturated rings. The van der Waals surface area contributed by atoms with E-state index in [1.807, 2.05) is 54.6 Å². The van der Waals surface area contributed by atoms with E-state index in [4.69, 9.17) is 0 Å². The standard InChI is InChI=1S/C20H18N2O3S/c23-20-13-17(14-22(20)18-8-2-1-3-9-18)21-26(24,25)19-11-10-15-6-4-5-7-16(15)12-19/h1-12,17,21H,13-14H2/t17-/m0/s1. The van der Waals surface area contributed by atoms with Gasteiger partial charge in [-0.15, -0.1) is 0 Å². The highest BCUT2D eigenvalue weighted by molar-refractivity contribution is 7.89. The summed E-state index contributed by atoms with van der Waals surface area (Å²) in [5.74, 6) is -0.0811. The van der Waals surface area contributed by atoms with E-state index in [2.05, 4.69) is 4.72 Å². The normalized spacial score (nSPS) is 17.8. The van der Waals surface area contributed by atoms with Gasteiger partial charge < -0.3 is 4.90 Å². The molecule has 1 heterocycles. The fourth-order valence-corrected chi connectivity index (χ4v) is 4.53. The largest absolute Gasteiger partial charge is 0.311 e. The average Bonchev–Trinajstić information content (AvgIpc) is 3.01. The van der Waals surface area contributed by atoms with Crippen molar-refractivity contribution in [2.45, 2.75) is 17.4 Å². The van der Waals surface area contributed by atoms with Crippen LogP contribution in [0.1, 0.15) is 6.42 Å². The number of carbonyl (C=O) groups is 1. The molecule has 3 aromatic rings. The minimum Gasteiger partial charge on any atom is -0.311 e. The first-order chi connectivity index (χ1) is 12.5. The van der Waals surface area contributed by atoms with Crippen molar-refractivity contribution in [1.29, 1.82) is 0 Å². The maximum absolute atomic E-state index is 12.7. The molecular weight excluding hydrogens is 348 g/mol. The van der Waals surface area contributed by atoms with Crippen molar-refractivity contribution < 1.29 is 13.2 Å². The third-order valence-electron chi connectivity index (χ3n) is 4.55. The molecule has 0 aliphatic carbocycles. The number of hydrogen-bond donors (Lipinski definition) is 1. The van der Waals surface area contributed by atoms with E-state index < -0.39 is 16.1 Å². The minimum absolute atomic E-state index is 0.0811. The second kappa shape index (κ2) is 6.55. The molecule has 1 aliphatic heterocycles. The zero-order valence-electron chi connectivity index (χ0n) is 14.0. The summed E-state index contributed by atoms with van der Waals surface area (Å²) in [7, 11) is -3.69. The fourth-order valence-electron chi connectivity index (χ4n) is 3.27. The van der Waals surface area contributed by atoms with Crippen molar-refractivity contribution >= 4 is 32.4 Å². The van der Waals surface area contributed by atoms with Gasteiger partial charge in [0.2, 0.25) is 15.9 Å². The Morgan fingerprint density at radius 3 is 2.35 bits per heavy atom. The molecule has 1 atom stereocenters. The predicted octanol–water partition coefficient (Wildman–Crippen LogP) is 2.92. The van der Waals surface area contributed by atoms with Gasteiger partial charge in [0.25, 0.3) is 0 Å². The van der Waals surface area contributed by atoms with E-state index in [-0.39, 0.29) is 17.2 Å². The smallest absolute Gasteiger partial charge is 0.240 e. The lowest BCUT2D eigenvalue weighted by Crippen LogP contribution is -2.37. The van der Waals surface area contributed by atoms with Gasteiger partial charge in [-0.2, -0.15) is 0 Å². The number of sulfonamides is 1. The summed E-state index contributed by atoms with van der Waals surface area (Å²) in [5, 5.41) is 1.85. The number of benzene rings is 3. The van der Waals surface area contributed by atoms with Crippen LogP contribution >= 0.6 is 0 Å². The van der Waals surface area contributed by atoms with E-state index in [1.54, 1.807) is 23.1 Å². The molecule has 0 aromatic heterocycles. The number of carbonyl (C=O) groups excluding carboxylic acids is 1. The zero-order valence-corrected chi connectivity index (χ0v) is 14.8. The van der Waals surface area contributed by atoms with Crippen molar-refractivity contribution in [3.8, 4) is 0 Å². The third kappa shape index (κ3) is 3.21. The van der Waals surface area contributed by atoms with Gasteiger partial charge in [0.1, 0.15) is 0 Å². The summed E-state index contributed by atoms with van der Waals surface area (Å²) in [6, 6.07) is 21.5. The quantitative estimate of drug-likeness (QED) is 0.772. The molecule has 0 unspecified atom stereocenters. The van der Waals surface area contributed by atoms with E-state index in [9.17, 15) is 13.2 Å². The molecule has 6 heteroatoms. The summed E-state index contributed by atoms with van der Waals surface area (Å²) in [4.78, 5) is 14.1. The molecule has 0 saturated carbocycles. The molecule has 5 nitrogen and oxygen atoms in total. The highest BCUT2D eigenvalue weighted by Gasteiger charge is 2.33. The molecule has 0 spiro atoms. The second-order valence-corrected chi connectivity index (χ2v) is 8.09. The molecule has 0 radical (unpaired) electrons. The lowest BCUT2D eigenvalue weighted by molar-refractivity contribution is -0.117. The molecule has 1 aliphatic rings. The molecule has 4 rings (SSSR count). The SMILES string of the molecule is O=C1C[C@H](NS(=O)(=O)c2ccc3ccccc3c2)CN1c1ccccc1. The molecule has 0 bridgehead atoms. The van der Waals surface area contributed by atoms with Crippen LogP contribution in [-0.2, 0) is 14.8 Å². The Kier molecular flexibility index (Phi) is 4.22. The number of nitrogens with zero attached hydrogens (tertiary/aromatic N) is 1. The Balaban J connectivity index is 1.55. The number of amides is 1. The molecule has 26 heavy (non-hydrogen) atoms. The van der Waals surface area contributed by atoms with Crippen molar-refractivity contribution in [2.75, 3.05) is 11.4 Å². The van der Waals surface area contributed by atoms with Gasteiger partial charge in [-0.3, -0.25) is 4.79 Å². The van der Waals surface area contributed by atoms with Crippen LogP contribution in [0.3, 0.4) is 0 Å². The first-order valence-electron chi connectivity index (χ1n) is 8.39. The number of fused-ring (bicyclic) bond motifs is 1. The number of rotatable bonds is 4. The molecule has 1 N–H and O–H groups in total. The lowest BCUT2D eigenvalue weighted by atomic mass is 10.1. The highest BCUT2D eigenvalue weighted by atomic mass is 32.2. The Hall–Kier alpha value is -2.70. The Morgan fingerprint density at radius 1 is 0.885 bits per heavy atom. The van der Waals surface area contributed by atoms with Crippen molar-refractivity contribution in [1.82, 2.24) is 4.72 Å². The topological polar surface area (TPSA) is 66.5 Å². The van der Waals surface area contributed by atoms with Crippen LogP contribution in [0.2, 0.25) is 0 Å². The van der Waals surface area contributed by atoms with E-state index in [0.717, 1.165) is 16.5 Å². The summed E-state index contributed by atoms with van der Waals surface area (Å²) in [6.07, 6.45) is 0.154. The maximum atomic E-state index is 12.7. The van der Waals surface area contributed by atoms with Crippen molar-refractivity contribution in [2.24, 2.45) is 0 Å². The van der Waals surface area contributed by atoms with Gasteiger partial charge in [-0.25, -0.2) is 13.1 Å². The van der Waals surface area contributed by atoms with Crippen LogP contribution in [0.25, 0.3) is 10.8 Å². The van der Waals surface area contributed by atoms with E-state index in [1.165, 1.54) is 0 Å². The number of anilines is 1. The summed E-state index contributed by atoms with van der Waals surface area (Å²) in [6.45, 7) is 0.329. The average molecular weight is 366 g/mol. The Bertz CT molecular complexity index is 1060. The molecule has 132 valence electrons. The maximum Gasteiger partial charge on any atom is 0.240 e. The van der Waals surface area contributed by atoms with Crippen LogP contribution in [0.15, 0.2) is 77.7 Å². The summed E-state index contributed by atoms with van der Waals surface area (Å²) < 4.78 is 28.2. The first-order valence-corrected chi connectivity index (χ1v) is 9.88. The summed E-state index contributed by atoms with van der Waals surface area (Å²) >= 11 is 0. The van der Waals surface area contributed by atoms with Crippen LogP contribution in [0, 0.1) is 0 Å². The van der Waals surface area contributed by atoms with E-state index >= 15 is 0 Å². The molecule has 1 saturated heterocycles. The second-order valence-electron chi connectivity index (χ2n) is 6.37. The minimum atomic E-state index is -3.69. The van der Waals surface area contributed by atoms with Gasteiger partial charge in [-0.05, 0) is 35.0 Å². The van der Waals surface area contributed by atoms with Crippen LogP contribution in [-0.4, -0.2) is 26.9 Å². The molecule has 3 aromatic carbocycles. The highest BCUT2D eigenvalue weighted by Crippen LogP contribution is 2.23. The predicted molar refractivity (Wildman–Crippen MR) is 101 cm³/mol. The number of para-hydroxylation sites is 1. The fraction of sp³-hybridized carbons (Fsp3) is 0.150. The number of nitrogens with one attached hydrogen (secondary N) is 1. The van der Waals surface area contributed by atoms with Gasteiger partial charge >= 0.3 is 0 Å². The van der Waals surface area contributed by atoms with Gasteiger partial charge in [0, 0.05) is 24.7 Å². The number of hydrogen-bond acceptors (Lipinski definition) is 3. The third-order valence-corrected chi connectivity index (χ3v) is 6.06. The van der Waals surface area contributed by atoms with Crippen LogP contribution < -0.4 is 9.62 Å². The van der Waals surface area contributed by atoms with Crippen molar-refractivity contribution in [3.63, 3.8) is 0 Å². The van der Waals surface area contributed by atoms with Crippen molar-refractivity contribution in [3.05, 3.63) is 72.8 Å². The Morgan fingerprint density at radius 2 is 1.58 bits per heavy atom. The molecule has 1 amide bonds. The lowest BCUT2D eigenvalue weighted by Gasteiger charge is -2.17. The molecular formula is C20H18N2O3S.